The van der Waals surface area contributed by atoms with E-state index in [1.54, 1.807) is 0 Å². The van der Waals surface area contributed by atoms with E-state index in [-0.39, 0.29) is 29.1 Å². The molecule has 1 aliphatic carbocycles. The van der Waals surface area contributed by atoms with Crippen molar-refractivity contribution in [3.05, 3.63) is 35.9 Å². The predicted molar refractivity (Wildman–Crippen MR) is 96.7 cm³/mol. The van der Waals surface area contributed by atoms with Gasteiger partial charge in [0.1, 0.15) is 6.10 Å². The minimum Gasteiger partial charge on any atom is -1.00 e. The Bertz CT molecular complexity index is 559. The summed E-state index contributed by atoms with van der Waals surface area (Å²) in [6.07, 6.45) is 6.78. The second-order valence-electron chi connectivity index (χ2n) is 8.54. The molecule has 1 atom stereocenters. The van der Waals surface area contributed by atoms with E-state index < -0.39 is 5.41 Å². The van der Waals surface area contributed by atoms with E-state index in [2.05, 4.69) is 33.2 Å². The summed E-state index contributed by atoms with van der Waals surface area (Å²) in [6.45, 7) is 4.29. The van der Waals surface area contributed by atoms with Crippen molar-refractivity contribution >= 4 is 5.97 Å². The summed E-state index contributed by atoms with van der Waals surface area (Å²) in [7, 11) is 4.51. The lowest BCUT2D eigenvalue weighted by Crippen LogP contribution is -3.00. The zero-order valence-corrected chi connectivity index (χ0v) is 17.4. The molecule has 1 saturated heterocycles. The van der Waals surface area contributed by atoms with E-state index in [0.717, 1.165) is 48.8 Å². The Kier molecular flexibility index (Phi) is 6.72. The molecule has 0 aromatic heterocycles. The minimum absolute atomic E-state index is 0. The topological polar surface area (TPSA) is 26.3 Å². The number of ether oxygens (including phenoxy) is 1. The number of hydrogen-bond acceptors (Lipinski definition) is 2. The van der Waals surface area contributed by atoms with E-state index in [0.29, 0.717) is 5.92 Å². The van der Waals surface area contributed by atoms with Crippen LogP contribution in [0.5, 0.6) is 0 Å². The van der Waals surface area contributed by atoms with Crippen molar-refractivity contribution in [1.82, 2.24) is 0 Å². The summed E-state index contributed by atoms with van der Waals surface area (Å²) in [6, 6.07) is 10.3. The average molecular weight is 410 g/mol. The molecule has 0 bridgehead atoms. The number of benzene rings is 1. The average Bonchev–Trinajstić information content (AvgIpc) is 3.12. The molecule has 140 valence electrons. The number of nitrogens with zero attached hydrogens (tertiary/aromatic N) is 1. The summed E-state index contributed by atoms with van der Waals surface area (Å²) in [4.78, 5) is 13.3. The largest absolute Gasteiger partial charge is 1.00 e. The van der Waals surface area contributed by atoms with Crippen molar-refractivity contribution in [2.75, 3.05) is 27.2 Å². The molecule has 1 unspecified atom stereocenters. The maximum Gasteiger partial charge on any atom is 0.316 e. The van der Waals surface area contributed by atoms with E-state index in [9.17, 15) is 4.79 Å². The molecular weight excluding hydrogens is 378 g/mol. The first kappa shape index (κ1) is 20.4. The number of carbonyl (C=O) groups is 1. The summed E-state index contributed by atoms with van der Waals surface area (Å²) >= 11 is 0. The molecule has 0 N–H and O–H groups in total. The molecule has 0 amide bonds. The highest BCUT2D eigenvalue weighted by Gasteiger charge is 2.46. The first-order chi connectivity index (χ1) is 11.4. The van der Waals surface area contributed by atoms with Crippen LogP contribution in [0.3, 0.4) is 0 Å². The monoisotopic (exact) mass is 409 g/mol. The van der Waals surface area contributed by atoms with Gasteiger partial charge in [-0.2, -0.15) is 0 Å². The third kappa shape index (κ3) is 4.46. The lowest BCUT2D eigenvalue weighted by molar-refractivity contribution is -0.896. The fourth-order valence-electron chi connectivity index (χ4n) is 4.44. The molecule has 0 radical (unpaired) electrons. The smallest absolute Gasteiger partial charge is 0.316 e. The van der Waals surface area contributed by atoms with Crippen molar-refractivity contribution in [2.24, 2.45) is 5.92 Å². The molecule has 1 saturated carbocycles. The minimum atomic E-state index is -0.500. The molecule has 1 aromatic rings. The standard InChI is InChI=1S/C21H32NO2.BrH/c1-21(18-11-7-8-12-18,17-9-5-4-6-10-17)20(23)24-19-13-15-22(2,3)16-14-19;/h4-6,9-10,18-19H,7-8,11-16H2,1-3H3;1H/q+1;/p-1. The van der Waals surface area contributed by atoms with Crippen molar-refractivity contribution in [3.63, 3.8) is 0 Å². The fourth-order valence-corrected chi connectivity index (χ4v) is 4.44. The maximum atomic E-state index is 13.3. The highest BCUT2D eigenvalue weighted by atomic mass is 79.9. The van der Waals surface area contributed by atoms with Crippen LogP contribution in [-0.4, -0.2) is 43.7 Å². The van der Waals surface area contributed by atoms with Gasteiger partial charge in [0.25, 0.3) is 0 Å². The summed E-state index contributed by atoms with van der Waals surface area (Å²) in [5.41, 5.74) is 0.619. The number of esters is 1. The number of piperidine rings is 1. The van der Waals surface area contributed by atoms with Crippen molar-refractivity contribution in [2.45, 2.75) is 57.0 Å². The lowest BCUT2D eigenvalue weighted by Gasteiger charge is -2.39. The Morgan fingerprint density at radius 2 is 1.60 bits per heavy atom. The van der Waals surface area contributed by atoms with Crippen LogP contribution in [0.4, 0.5) is 0 Å². The molecule has 0 spiro atoms. The van der Waals surface area contributed by atoms with Crippen molar-refractivity contribution < 1.29 is 31.0 Å². The number of hydrogen-bond donors (Lipinski definition) is 0. The van der Waals surface area contributed by atoms with Crippen LogP contribution in [0.1, 0.15) is 51.0 Å². The molecule has 2 fully saturated rings. The molecule has 1 heterocycles. The van der Waals surface area contributed by atoms with E-state index in [1.165, 1.54) is 12.8 Å². The van der Waals surface area contributed by atoms with Gasteiger partial charge < -0.3 is 26.2 Å². The normalized spacial score (nSPS) is 23.5. The van der Waals surface area contributed by atoms with Crippen LogP contribution in [-0.2, 0) is 14.9 Å². The first-order valence-electron chi connectivity index (χ1n) is 9.50. The Balaban J connectivity index is 0.00000225. The molecule has 2 aliphatic rings. The highest BCUT2D eigenvalue weighted by Crippen LogP contribution is 2.43. The second-order valence-corrected chi connectivity index (χ2v) is 8.54. The SMILES string of the molecule is CC(C(=O)OC1CC[N+](C)(C)CC1)(c1ccccc1)C1CCCC1.[Br-]. The molecule has 4 heteroatoms. The fraction of sp³-hybridized carbons (Fsp3) is 0.667. The zero-order valence-electron chi connectivity index (χ0n) is 15.8. The van der Waals surface area contributed by atoms with Gasteiger partial charge in [0.2, 0.25) is 0 Å². The number of halogens is 1. The second kappa shape index (κ2) is 8.22. The maximum absolute atomic E-state index is 13.3. The molecule has 3 nitrogen and oxygen atoms in total. The van der Waals surface area contributed by atoms with Gasteiger partial charge in [-0.3, -0.25) is 4.79 Å². The molecule has 3 rings (SSSR count). The summed E-state index contributed by atoms with van der Waals surface area (Å²) < 4.78 is 7.10. The van der Waals surface area contributed by atoms with Crippen LogP contribution in [0.15, 0.2) is 30.3 Å². The summed E-state index contributed by atoms with van der Waals surface area (Å²) in [5, 5.41) is 0. The van der Waals surface area contributed by atoms with Gasteiger partial charge in [-0.25, -0.2) is 0 Å². The Morgan fingerprint density at radius 1 is 1.04 bits per heavy atom. The summed E-state index contributed by atoms with van der Waals surface area (Å²) in [5.74, 6) is 0.404. The molecule has 1 aliphatic heterocycles. The van der Waals surface area contributed by atoms with E-state index in [1.807, 2.05) is 18.2 Å². The lowest BCUT2D eigenvalue weighted by atomic mass is 9.71. The van der Waals surface area contributed by atoms with Crippen molar-refractivity contribution in [1.29, 1.82) is 0 Å². The third-order valence-corrected chi connectivity index (χ3v) is 6.36. The quantitative estimate of drug-likeness (QED) is 0.545. The van der Waals surface area contributed by atoms with Crippen LogP contribution >= 0.6 is 0 Å². The third-order valence-electron chi connectivity index (χ3n) is 6.36. The predicted octanol–water partition coefficient (Wildman–Crippen LogP) is 0.921. The van der Waals surface area contributed by atoms with Crippen molar-refractivity contribution in [3.8, 4) is 0 Å². The molecule has 25 heavy (non-hydrogen) atoms. The van der Waals surface area contributed by atoms with Gasteiger partial charge in [-0.05, 0) is 31.2 Å². The van der Waals surface area contributed by atoms with Gasteiger partial charge >= 0.3 is 5.97 Å². The van der Waals surface area contributed by atoms with Gasteiger partial charge in [0, 0.05) is 12.8 Å². The molecule has 1 aromatic carbocycles. The van der Waals surface area contributed by atoms with E-state index >= 15 is 0 Å². The Hall–Kier alpha value is -0.870. The van der Waals surface area contributed by atoms with E-state index in [4.69, 9.17) is 4.74 Å². The first-order valence-corrected chi connectivity index (χ1v) is 9.50. The Morgan fingerprint density at radius 3 is 2.16 bits per heavy atom. The van der Waals surface area contributed by atoms with Gasteiger partial charge in [-0.15, -0.1) is 0 Å². The number of rotatable bonds is 4. The highest BCUT2D eigenvalue weighted by molar-refractivity contribution is 5.83. The number of carbonyl (C=O) groups excluding carboxylic acids is 1. The number of likely N-dealkylation sites (tertiary alicyclic amines) is 1. The van der Waals surface area contributed by atoms with Crippen LogP contribution in [0.2, 0.25) is 0 Å². The van der Waals surface area contributed by atoms with Crippen LogP contribution in [0.25, 0.3) is 0 Å². The Labute approximate surface area is 163 Å². The zero-order chi connectivity index (χ0) is 17.2. The van der Waals surface area contributed by atoms with Crippen LogP contribution in [0, 0.1) is 5.92 Å². The van der Waals surface area contributed by atoms with Gasteiger partial charge in [0.15, 0.2) is 0 Å². The van der Waals surface area contributed by atoms with Gasteiger partial charge in [0.05, 0.1) is 32.6 Å². The number of quaternary nitrogens is 1. The molecular formula is C21H32BrNO2. The van der Waals surface area contributed by atoms with Gasteiger partial charge in [-0.1, -0.05) is 43.2 Å². The van der Waals surface area contributed by atoms with Crippen LogP contribution < -0.4 is 17.0 Å².